The van der Waals surface area contributed by atoms with E-state index in [2.05, 4.69) is 6.92 Å². The van der Waals surface area contributed by atoms with Crippen LogP contribution in [0.2, 0.25) is 0 Å². The second kappa shape index (κ2) is 11.0. The number of hydrogen-bond donors (Lipinski definition) is 0. The summed E-state index contributed by atoms with van der Waals surface area (Å²) in [5, 5.41) is 0. The molecule has 0 radical (unpaired) electrons. The molecule has 1 aromatic rings. The van der Waals surface area contributed by atoms with Crippen molar-refractivity contribution < 1.29 is 4.39 Å². The van der Waals surface area contributed by atoms with E-state index >= 15 is 0 Å². The average Bonchev–Trinajstić information content (AvgIpc) is 2.43. The highest BCUT2D eigenvalue weighted by Gasteiger charge is 1.95. The summed E-state index contributed by atoms with van der Waals surface area (Å²) in [5.41, 5.74) is 1.26. The monoisotopic (exact) mass is 264 g/mol. The summed E-state index contributed by atoms with van der Waals surface area (Å²) in [6.45, 7) is 2.27. The maximum Gasteiger partial charge on any atom is 0.123 e. The van der Waals surface area contributed by atoms with Crippen molar-refractivity contribution in [2.24, 2.45) is 0 Å². The second-order valence-corrected chi connectivity index (χ2v) is 5.56. The Morgan fingerprint density at radius 2 is 1.16 bits per heavy atom. The Labute approximate surface area is 118 Å². The Morgan fingerprint density at radius 1 is 0.684 bits per heavy atom. The van der Waals surface area contributed by atoms with Gasteiger partial charge in [0.05, 0.1) is 0 Å². The highest BCUT2D eigenvalue weighted by atomic mass is 19.1. The molecule has 0 spiro atoms. The van der Waals surface area contributed by atoms with E-state index in [1.165, 1.54) is 69.8 Å². The van der Waals surface area contributed by atoms with Crippen LogP contribution in [0.4, 0.5) is 4.39 Å². The normalized spacial score (nSPS) is 10.8. The van der Waals surface area contributed by atoms with Gasteiger partial charge in [0.15, 0.2) is 0 Å². The molecule has 0 N–H and O–H groups in total. The molecule has 0 unspecified atom stereocenters. The summed E-state index contributed by atoms with van der Waals surface area (Å²) < 4.78 is 12.7. The Morgan fingerprint density at radius 3 is 1.68 bits per heavy atom. The van der Waals surface area contributed by atoms with Crippen molar-refractivity contribution in [3.8, 4) is 0 Å². The molecule has 108 valence electrons. The smallest absolute Gasteiger partial charge is 0.123 e. The van der Waals surface area contributed by atoms with Gasteiger partial charge in [0.2, 0.25) is 0 Å². The van der Waals surface area contributed by atoms with Gasteiger partial charge < -0.3 is 0 Å². The molecule has 0 saturated carbocycles. The van der Waals surface area contributed by atoms with E-state index in [0.29, 0.717) is 0 Å². The van der Waals surface area contributed by atoms with Crippen molar-refractivity contribution in [3.05, 3.63) is 35.6 Å². The number of rotatable bonds is 11. The van der Waals surface area contributed by atoms with E-state index in [9.17, 15) is 4.39 Å². The summed E-state index contributed by atoms with van der Waals surface area (Å²) in [6, 6.07) is 6.93. The lowest BCUT2D eigenvalue weighted by Gasteiger charge is -2.03. The minimum Gasteiger partial charge on any atom is -0.207 e. The third kappa shape index (κ3) is 8.80. The van der Waals surface area contributed by atoms with Gasteiger partial charge in [-0.15, -0.1) is 0 Å². The largest absolute Gasteiger partial charge is 0.207 e. The molecule has 0 heterocycles. The first-order chi connectivity index (χ1) is 9.33. The van der Waals surface area contributed by atoms with Crippen LogP contribution >= 0.6 is 0 Å². The van der Waals surface area contributed by atoms with Crippen LogP contribution in [0.25, 0.3) is 0 Å². The molecular weight excluding hydrogens is 235 g/mol. The standard InChI is InChI=1S/C18H29F/c1-2-3-4-5-6-7-8-9-10-11-12-17-13-15-18(19)16-14-17/h13-16H,2-12H2,1H3. The van der Waals surface area contributed by atoms with Gasteiger partial charge in [-0.1, -0.05) is 76.8 Å². The SMILES string of the molecule is CCCCCCCCCCCCc1ccc(F)cc1. The lowest BCUT2D eigenvalue weighted by Crippen LogP contribution is -1.87. The van der Waals surface area contributed by atoms with E-state index in [0.717, 1.165) is 6.42 Å². The van der Waals surface area contributed by atoms with Crippen LogP contribution in [-0.2, 0) is 6.42 Å². The summed E-state index contributed by atoms with van der Waals surface area (Å²) in [6.07, 6.45) is 14.8. The highest BCUT2D eigenvalue weighted by Crippen LogP contribution is 2.12. The number of benzene rings is 1. The third-order valence-electron chi connectivity index (χ3n) is 3.73. The van der Waals surface area contributed by atoms with Gasteiger partial charge >= 0.3 is 0 Å². The second-order valence-electron chi connectivity index (χ2n) is 5.56. The summed E-state index contributed by atoms with van der Waals surface area (Å²) >= 11 is 0. The molecule has 1 heteroatoms. The zero-order valence-electron chi connectivity index (χ0n) is 12.5. The fraction of sp³-hybridized carbons (Fsp3) is 0.667. The van der Waals surface area contributed by atoms with Crippen molar-refractivity contribution >= 4 is 0 Å². The summed E-state index contributed by atoms with van der Waals surface area (Å²) in [7, 11) is 0. The summed E-state index contributed by atoms with van der Waals surface area (Å²) in [5.74, 6) is -0.133. The minimum absolute atomic E-state index is 0.133. The molecule has 1 rings (SSSR count). The number of unbranched alkanes of at least 4 members (excludes halogenated alkanes) is 9. The maximum atomic E-state index is 12.7. The first kappa shape index (κ1) is 16.2. The minimum atomic E-state index is -0.133. The van der Waals surface area contributed by atoms with E-state index in [1.54, 1.807) is 12.1 Å². The third-order valence-corrected chi connectivity index (χ3v) is 3.73. The lowest BCUT2D eigenvalue weighted by molar-refractivity contribution is 0.556. The van der Waals surface area contributed by atoms with Gasteiger partial charge in [-0.3, -0.25) is 0 Å². The molecule has 0 saturated heterocycles. The van der Waals surface area contributed by atoms with Crippen LogP contribution < -0.4 is 0 Å². The van der Waals surface area contributed by atoms with Gasteiger partial charge in [-0.25, -0.2) is 4.39 Å². The molecule has 0 atom stereocenters. The van der Waals surface area contributed by atoms with Crippen molar-refractivity contribution in [1.82, 2.24) is 0 Å². The predicted octanol–water partition coefficient (Wildman–Crippen LogP) is 6.29. The van der Waals surface area contributed by atoms with Crippen LogP contribution in [0.3, 0.4) is 0 Å². The quantitative estimate of drug-likeness (QED) is 0.412. The van der Waals surface area contributed by atoms with Gasteiger partial charge in [0.1, 0.15) is 5.82 Å². The van der Waals surface area contributed by atoms with Crippen LogP contribution in [0.15, 0.2) is 24.3 Å². The summed E-state index contributed by atoms with van der Waals surface area (Å²) in [4.78, 5) is 0. The first-order valence-corrected chi connectivity index (χ1v) is 8.07. The molecule has 0 aliphatic rings. The molecule has 0 aliphatic carbocycles. The van der Waals surface area contributed by atoms with Gasteiger partial charge in [-0.05, 0) is 30.5 Å². The zero-order chi connectivity index (χ0) is 13.8. The van der Waals surface area contributed by atoms with Crippen LogP contribution in [0.5, 0.6) is 0 Å². The number of hydrogen-bond acceptors (Lipinski definition) is 0. The topological polar surface area (TPSA) is 0 Å². The van der Waals surface area contributed by atoms with Crippen molar-refractivity contribution in [2.45, 2.75) is 77.6 Å². The van der Waals surface area contributed by atoms with E-state index in [4.69, 9.17) is 0 Å². The Hall–Kier alpha value is -0.850. The van der Waals surface area contributed by atoms with E-state index in [1.807, 2.05) is 12.1 Å². The molecule has 0 fully saturated rings. The van der Waals surface area contributed by atoms with Crippen molar-refractivity contribution in [3.63, 3.8) is 0 Å². The van der Waals surface area contributed by atoms with Gasteiger partial charge in [-0.2, -0.15) is 0 Å². The molecule has 0 nitrogen and oxygen atoms in total. The van der Waals surface area contributed by atoms with Crippen LogP contribution in [0, 0.1) is 5.82 Å². The Kier molecular flexibility index (Phi) is 9.40. The molecule has 0 amide bonds. The van der Waals surface area contributed by atoms with Gasteiger partial charge in [0, 0.05) is 0 Å². The van der Waals surface area contributed by atoms with Crippen molar-refractivity contribution in [2.75, 3.05) is 0 Å². The Bertz CT molecular complexity index is 302. The number of halogens is 1. The molecule has 0 aliphatic heterocycles. The van der Waals surface area contributed by atoms with E-state index in [-0.39, 0.29) is 5.82 Å². The molecular formula is C18H29F. The number of aryl methyl sites for hydroxylation is 1. The van der Waals surface area contributed by atoms with Crippen LogP contribution in [0.1, 0.15) is 76.7 Å². The fourth-order valence-corrected chi connectivity index (χ4v) is 2.47. The predicted molar refractivity (Wildman–Crippen MR) is 81.9 cm³/mol. The highest BCUT2D eigenvalue weighted by molar-refractivity contribution is 5.15. The molecule has 1 aromatic carbocycles. The lowest BCUT2D eigenvalue weighted by atomic mass is 10.0. The van der Waals surface area contributed by atoms with Crippen LogP contribution in [-0.4, -0.2) is 0 Å². The zero-order valence-corrected chi connectivity index (χ0v) is 12.5. The molecule has 0 aromatic heterocycles. The fourth-order valence-electron chi connectivity index (χ4n) is 2.47. The average molecular weight is 264 g/mol. The Balaban J connectivity index is 1.87. The van der Waals surface area contributed by atoms with Gasteiger partial charge in [0.25, 0.3) is 0 Å². The van der Waals surface area contributed by atoms with Crippen molar-refractivity contribution in [1.29, 1.82) is 0 Å². The van der Waals surface area contributed by atoms with E-state index < -0.39 is 0 Å². The maximum absolute atomic E-state index is 12.7. The molecule has 19 heavy (non-hydrogen) atoms. The first-order valence-electron chi connectivity index (χ1n) is 8.07. The molecule has 0 bridgehead atoms.